The highest BCUT2D eigenvalue weighted by atomic mass is 32.1. The SMILES string of the molecule is CC(=O)Oc1c(C)c(C)c2c(c1C)CCC(C)(CC(=S)NC1(C)COC(C)(C)OC1)O2. The summed E-state index contributed by atoms with van der Waals surface area (Å²) in [7, 11) is 0. The predicted molar refractivity (Wildman–Crippen MR) is 124 cm³/mol. The number of rotatable bonds is 4. The minimum Gasteiger partial charge on any atom is -0.487 e. The summed E-state index contributed by atoms with van der Waals surface area (Å²) in [6.45, 7) is 16.4. The van der Waals surface area contributed by atoms with Crippen molar-refractivity contribution in [2.75, 3.05) is 13.2 Å². The minimum absolute atomic E-state index is 0.309. The van der Waals surface area contributed by atoms with Crippen LogP contribution >= 0.6 is 12.2 Å². The zero-order valence-electron chi connectivity index (χ0n) is 20.0. The average Bonchev–Trinajstić information content (AvgIpc) is 2.65. The number of ether oxygens (including phenoxy) is 4. The van der Waals surface area contributed by atoms with E-state index in [2.05, 4.69) is 19.2 Å². The van der Waals surface area contributed by atoms with Gasteiger partial charge in [-0.15, -0.1) is 0 Å². The van der Waals surface area contributed by atoms with Crippen LogP contribution in [0.4, 0.5) is 0 Å². The van der Waals surface area contributed by atoms with E-state index in [1.165, 1.54) is 6.92 Å². The molecule has 0 radical (unpaired) electrons. The van der Waals surface area contributed by atoms with E-state index in [4.69, 9.17) is 31.2 Å². The van der Waals surface area contributed by atoms with Gasteiger partial charge >= 0.3 is 5.97 Å². The quantitative estimate of drug-likeness (QED) is 0.413. The lowest BCUT2D eigenvalue weighted by Gasteiger charge is -2.43. The summed E-state index contributed by atoms with van der Waals surface area (Å²) in [6, 6.07) is 0. The van der Waals surface area contributed by atoms with Gasteiger partial charge in [0.2, 0.25) is 0 Å². The molecule has 0 aliphatic carbocycles. The first-order valence-electron chi connectivity index (χ1n) is 10.8. The first-order valence-corrected chi connectivity index (χ1v) is 11.2. The van der Waals surface area contributed by atoms with Crippen LogP contribution in [0.25, 0.3) is 0 Å². The number of fused-ring (bicyclic) bond motifs is 1. The van der Waals surface area contributed by atoms with Crippen molar-refractivity contribution in [1.82, 2.24) is 5.32 Å². The van der Waals surface area contributed by atoms with Gasteiger partial charge in [0.15, 0.2) is 5.79 Å². The van der Waals surface area contributed by atoms with Crippen LogP contribution in [-0.2, 0) is 20.7 Å². The van der Waals surface area contributed by atoms with Crippen molar-refractivity contribution in [2.24, 2.45) is 0 Å². The van der Waals surface area contributed by atoms with Gasteiger partial charge in [0.25, 0.3) is 0 Å². The molecular formula is C24H35NO5S. The van der Waals surface area contributed by atoms with Crippen LogP contribution in [0.3, 0.4) is 0 Å². The molecule has 6 nitrogen and oxygen atoms in total. The lowest BCUT2D eigenvalue weighted by Crippen LogP contribution is -2.59. The summed E-state index contributed by atoms with van der Waals surface area (Å²) < 4.78 is 23.7. The van der Waals surface area contributed by atoms with E-state index in [-0.39, 0.29) is 11.5 Å². The Kier molecular flexibility index (Phi) is 6.44. The molecular weight excluding hydrogens is 414 g/mol. The first kappa shape index (κ1) is 24.0. The van der Waals surface area contributed by atoms with Gasteiger partial charge in [-0.05, 0) is 78.0 Å². The lowest BCUT2D eigenvalue weighted by molar-refractivity contribution is -0.267. The first-order chi connectivity index (χ1) is 14.2. The molecule has 0 spiro atoms. The molecule has 3 rings (SSSR count). The van der Waals surface area contributed by atoms with Gasteiger partial charge in [0.1, 0.15) is 17.1 Å². The van der Waals surface area contributed by atoms with Crippen LogP contribution < -0.4 is 14.8 Å². The molecule has 2 aliphatic heterocycles. The maximum absolute atomic E-state index is 11.6. The number of carbonyl (C=O) groups excluding carboxylic acids is 1. The standard InChI is InChI=1S/C24H35NO5S/c1-14-15(2)21-18(16(3)20(14)29-17(4)26)9-10-24(8,30-21)11-19(31)25-23(7)12-27-22(5,6)28-13-23/h9-13H2,1-8H3,(H,25,31). The van der Waals surface area contributed by atoms with E-state index in [0.29, 0.717) is 25.4 Å². The van der Waals surface area contributed by atoms with Gasteiger partial charge in [-0.1, -0.05) is 12.2 Å². The third kappa shape index (κ3) is 5.21. The van der Waals surface area contributed by atoms with Crippen LogP contribution in [0.2, 0.25) is 0 Å². The molecule has 2 heterocycles. The monoisotopic (exact) mass is 449 g/mol. The van der Waals surface area contributed by atoms with Crippen LogP contribution in [0.5, 0.6) is 11.5 Å². The second-order valence-corrected chi connectivity index (χ2v) is 10.4. The largest absolute Gasteiger partial charge is 0.487 e. The molecule has 1 fully saturated rings. The Morgan fingerprint density at radius 3 is 2.26 bits per heavy atom. The van der Waals surface area contributed by atoms with E-state index >= 15 is 0 Å². The maximum Gasteiger partial charge on any atom is 0.308 e. The van der Waals surface area contributed by atoms with Gasteiger partial charge in [-0.25, -0.2) is 0 Å². The molecule has 1 aromatic rings. The smallest absolute Gasteiger partial charge is 0.308 e. The molecule has 31 heavy (non-hydrogen) atoms. The van der Waals surface area contributed by atoms with Crippen LogP contribution in [0, 0.1) is 20.8 Å². The average molecular weight is 450 g/mol. The van der Waals surface area contributed by atoms with Crippen LogP contribution in [-0.4, -0.2) is 41.1 Å². The third-order valence-corrected chi connectivity index (χ3v) is 6.51. The van der Waals surface area contributed by atoms with E-state index in [0.717, 1.165) is 45.8 Å². The van der Waals surface area contributed by atoms with Crippen molar-refractivity contribution in [3.8, 4) is 11.5 Å². The molecule has 1 atom stereocenters. The molecule has 0 aromatic heterocycles. The van der Waals surface area contributed by atoms with Crippen LogP contribution in [0.1, 0.15) is 69.7 Å². The van der Waals surface area contributed by atoms with Gasteiger partial charge in [0, 0.05) is 18.9 Å². The Morgan fingerprint density at radius 1 is 1.06 bits per heavy atom. The number of benzene rings is 1. The molecule has 0 saturated carbocycles. The predicted octanol–water partition coefficient (Wildman–Crippen LogP) is 4.47. The molecule has 1 aromatic carbocycles. The van der Waals surface area contributed by atoms with Crippen LogP contribution in [0.15, 0.2) is 0 Å². The Morgan fingerprint density at radius 2 is 1.68 bits per heavy atom. The number of nitrogens with one attached hydrogen (secondary N) is 1. The molecule has 0 amide bonds. The van der Waals surface area contributed by atoms with Crippen molar-refractivity contribution in [2.45, 2.75) is 91.6 Å². The summed E-state index contributed by atoms with van der Waals surface area (Å²) in [5, 5.41) is 3.44. The topological polar surface area (TPSA) is 66.0 Å². The normalized spacial score (nSPS) is 24.0. The summed E-state index contributed by atoms with van der Waals surface area (Å²) in [4.78, 5) is 12.3. The van der Waals surface area contributed by atoms with Crippen molar-refractivity contribution in [3.63, 3.8) is 0 Å². The minimum atomic E-state index is -0.566. The summed E-state index contributed by atoms with van der Waals surface area (Å²) in [5.74, 6) is 0.667. The lowest BCUT2D eigenvalue weighted by atomic mass is 9.85. The van der Waals surface area contributed by atoms with E-state index in [9.17, 15) is 4.79 Å². The Balaban J connectivity index is 1.75. The van der Waals surface area contributed by atoms with Crippen molar-refractivity contribution >= 4 is 23.2 Å². The fourth-order valence-electron chi connectivity index (χ4n) is 4.24. The maximum atomic E-state index is 11.6. The highest BCUT2D eigenvalue weighted by molar-refractivity contribution is 7.80. The summed E-state index contributed by atoms with van der Waals surface area (Å²) >= 11 is 5.71. The zero-order chi connectivity index (χ0) is 23.2. The number of carbonyl (C=O) groups is 1. The fourth-order valence-corrected chi connectivity index (χ4v) is 4.80. The second-order valence-electron chi connectivity index (χ2n) is 9.92. The molecule has 0 bridgehead atoms. The van der Waals surface area contributed by atoms with E-state index < -0.39 is 11.4 Å². The Bertz CT molecular complexity index is 900. The molecule has 1 N–H and O–H groups in total. The summed E-state index contributed by atoms with van der Waals surface area (Å²) in [5.41, 5.74) is 3.24. The van der Waals surface area contributed by atoms with Gasteiger partial charge in [-0.3, -0.25) is 4.79 Å². The Hall–Kier alpha value is -1.70. The third-order valence-electron chi connectivity index (χ3n) is 6.26. The number of hydrogen-bond donors (Lipinski definition) is 1. The zero-order valence-corrected chi connectivity index (χ0v) is 20.8. The number of thiocarbonyl (C=S) groups is 1. The van der Waals surface area contributed by atoms with Gasteiger partial charge in [0.05, 0.1) is 23.7 Å². The molecule has 1 saturated heterocycles. The Labute approximate surface area is 191 Å². The van der Waals surface area contributed by atoms with Gasteiger partial charge in [-0.2, -0.15) is 0 Å². The number of esters is 1. The molecule has 7 heteroatoms. The highest BCUT2D eigenvalue weighted by Crippen LogP contribution is 2.44. The summed E-state index contributed by atoms with van der Waals surface area (Å²) in [6.07, 6.45) is 2.26. The molecule has 1 unspecified atom stereocenters. The van der Waals surface area contributed by atoms with Crippen molar-refractivity contribution in [1.29, 1.82) is 0 Å². The van der Waals surface area contributed by atoms with Crippen molar-refractivity contribution < 1.29 is 23.7 Å². The van der Waals surface area contributed by atoms with E-state index in [1.54, 1.807) is 0 Å². The van der Waals surface area contributed by atoms with Crippen molar-refractivity contribution in [3.05, 3.63) is 22.3 Å². The molecule has 172 valence electrons. The second kappa shape index (κ2) is 8.34. The van der Waals surface area contributed by atoms with Gasteiger partial charge < -0.3 is 24.3 Å². The fraction of sp³-hybridized carbons (Fsp3) is 0.667. The molecule has 2 aliphatic rings. The highest BCUT2D eigenvalue weighted by Gasteiger charge is 2.40. The number of hydrogen-bond acceptors (Lipinski definition) is 6. The van der Waals surface area contributed by atoms with E-state index in [1.807, 2.05) is 34.6 Å².